The second-order valence-corrected chi connectivity index (χ2v) is 5.98. The molecular weight excluding hydrogens is 352 g/mol. The highest BCUT2D eigenvalue weighted by Gasteiger charge is 2.18. The molecule has 0 spiro atoms. The summed E-state index contributed by atoms with van der Waals surface area (Å²) in [6, 6.07) is 14.8. The van der Waals surface area contributed by atoms with Crippen molar-refractivity contribution in [2.75, 3.05) is 7.11 Å². The van der Waals surface area contributed by atoms with Crippen LogP contribution in [0.4, 0.5) is 8.78 Å². The Morgan fingerprint density at radius 2 is 1.89 bits per heavy atom. The van der Waals surface area contributed by atoms with Gasteiger partial charge < -0.3 is 14.0 Å². The van der Waals surface area contributed by atoms with Gasteiger partial charge in [-0.15, -0.1) is 0 Å². The van der Waals surface area contributed by atoms with Crippen LogP contribution in [-0.2, 0) is 13.6 Å². The van der Waals surface area contributed by atoms with Crippen molar-refractivity contribution in [1.82, 2.24) is 14.9 Å². The van der Waals surface area contributed by atoms with Crippen LogP contribution in [0.3, 0.4) is 0 Å². The topological polar surface area (TPSA) is 48.3 Å². The molecule has 0 amide bonds. The highest BCUT2D eigenvalue weighted by Crippen LogP contribution is 2.30. The van der Waals surface area contributed by atoms with Gasteiger partial charge in [0.15, 0.2) is 11.5 Å². The molecule has 142 valence electrons. The number of methoxy groups -OCH3 is 1. The number of hydrogen-bond donors (Lipinski definition) is 1. The molecule has 0 aliphatic heterocycles. The molecule has 0 saturated carbocycles. The third kappa shape index (κ3) is 4.62. The first-order valence-corrected chi connectivity index (χ1v) is 8.45. The van der Waals surface area contributed by atoms with Gasteiger partial charge in [0.2, 0.25) is 0 Å². The van der Waals surface area contributed by atoms with E-state index in [1.165, 1.54) is 7.11 Å². The molecule has 0 saturated heterocycles. The van der Waals surface area contributed by atoms with E-state index in [9.17, 15) is 8.78 Å². The summed E-state index contributed by atoms with van der Waals surface area (Å²) in [4.78, 5) is 4.45. The summed E-state index contributed by atoms with van der Waals surface area (Å²) in [6.45, 7) is -2.47. The molecule has 3 rings (SSSR count). The zero-order valence-corrected chi connectivity index (χ0v) is 15.1. The van der Waals surface area contributed by atoms with Crippen molar-refractivity contribution in [3.05, 3.63) is 77.9 Å². The molecule has 1 aromatic heterocycles. The maximum Gasteiger partial charge on any atom is 0.387 e. The van der Waals surface area contributed by atoms with Crippen molar-refractivity contribution in [2.45, 2.75) is 19.2 Å². The van der Waals surface area contributed by atoms with Gasteiger partial charge in [0, 0.05) is 26.0 Å². The maximum absolute atomic E-state index is 12.6. The molecule has 5 nitrogen and oxygen atoms in total. The number of benzene rings is 2. The molecule has 0 fully saturated rings. The van der Waals surface area contributed by atoms with E-state index >= 15 is 0 Å². The van der Waals surface area contributed by atoms with E-state index < -0.39 is 6.61 Å². The Kier molecular flexibility index (Phi) is 6.03. The van der Waals surface area contributed by atoms with E-state index in [0.717, 1.165) is 17.0 Å². The number of nitrogens with zero attached hydrogens (tertiary/aromatic N) is 2. The largest absolute Gasteiger partial charge is 0.493 e. The predicted molar refractivity (Wildman–Crippen MR) is 98.0 cm³/mol. The fraction of sp³-hybridized carbons (Fsp3) is 0.250. The van der Waals surface area contributed by atoms with E-state index in [4.69, 9.17) is 4.74 Å². The monoisotopic (exact) mass is 373 g/mol. The standard InChI is InChI=1S/C20H21F2N3O2/c1-25-11-10-23-19(25)18(15-6-4-3-5-7-15)24-13-14-8-9-16(26-2)17(12-14)27-20(21)22/h3-12,18,20,24H,13H2,1-2H3/t18-/m1/s1. The number of rotatable bonds is 8. The van der Waals surface area contributed by atoms with Crippen molar-refractivity contribution >= 4 is 0 Å². The van der Waals surface area contributed by atoms with Crippen LogP contribution in [0.1, 0.15) is 23.0 Å². The van der Waals surface area contributed by atoms with Gasteiger partial charge in [-0.2, -0.15) is 8.78 Å². The Bertz CT molecular complexity index is 869. The highest BCUT2D eigenvalue weighted by atomic mass is 19.3. The summed E-state index contributed by atoms with van der Waals surface area (Å²) in [5, 5.41) is 3.45. The first kappa shape index (κ1) is 18.8. The van der Waals surface area contributed by atoms with Crippen LogP contribution in [0.25, 0.3) is 0 Å². The van der Waals surface area contributed by atoms with Crippen LogP contribution in [0.15, 0.2) is 60.9 Å². The minimum absolute atomic E-state index is 0.0139. The lowest BCUT2D eigenvalue weighted by Gasteiger charge is -2.20. The van der Waals surface area contributed by atoms with E-state index in [1.807, 2.05) is 54.2 Å². The second-order valence-electron chi connectivity index (χ2n) is 5.98. The van der Waals surface area contributed by atoms with Gasteiger partial charge in [0.05, 0.1) is 13.2 Å². The molecule has 2 aromatic carbocycles. The molecule has 0 radical (unpaired) electrons. The molecule has 27 heavy (non-hydrogen) atoms. The zero-order valence-electron chi connectivity index (χ0n) is 15.1. The van der Waals surface area contributed by atoms with Crippen LogP contribution in [-0.4, -0.2) is 23.3 Å². The first-order valence-electron chi connectivity index (χ1n) is 8.45. The molecule has 0 aliphatic carbocycles. The van der Waals surface area contributed by atoms with E-state index in [0.29, 0.717) is 6.54 Å². The predicted octanol–water partition coefficient (Wildman–Crippen LogP) is 3.91. The van der Waals surface area contributed by atoms with Gasteiger partial charge in [-0.3, -0.25) is 5.32 Å². The number of hydrogen-bond acceptors (Lipinski definition) is 4. The lowest BCUT2D eigenvalue weighted by atomic mass is 10.1. The van der Waals surface area contributed by atoms with Gasteiger partial charge >= 0.3 is 6.61 Å². The summed E-state index contributed by atoms with van der Waals surface area (Å²) in [5.74, 6) is 1.14. The van der Waals surface area contributed by atoms with Crippen molar-refractivity contribution < 1.29 is 18.3 Å². The van der Waals surface area contributed by atoms with Crippen LogP contribution in [0, 0.1) is 0 Å². The second kappa shape index (κ2) is 8.64. The van der Waals surface area contributed by atoms with Gasteiger partial charge in [-0.25, -0.2) is 4.98 Å². The summed E-state index contributed by atoms with van der Waals surface area (Å²) < 4.78 is 36.8. The van der Waals surface area contributed by atoms with Crippen LogP contribution in [0.5, 0.6) is 11.5 Å². The molecular formula is C20H21F2N3O2. The zero-order chi connectivity index (χ0) is 19.2. The Morgan fingerprint density at radius 3 is 2.52 bits per heavy atom. The maximum atomic E-state index is 12.6. The first-order chi connectivity index (χ1) is 13.1. The quantitative estimate of drug-likeness (QED) is 0.650. The number of aryl methyl sites for hydroxylation is 1. The number of aromatic nitrogens is 2. The number of imidazole rings is 1. The van der Waals surface area contributed by atoms with Crippen molar-refractivity contribution in [3.8, 4) is 11.5 Å². The van der Waals surface area contributed by atoms with Gasteiger partial charge in [0.25, 0.3) is 0 Å². The van der Waals surface area contributed by atoms with Crippen LogP contribution in [0.2, 0.25) is 0 Å². The average molecular weight is 373 g/mol. The van der Waals surface area contributed by atoms with Gasteiger partial charge in [0.1, 0.15) is 5.82 Å². The number of halogens is 2. The van der Waals surface area contributed by atoms with E-state index in [-0.39, 0.29) is 17.5 Å². The summed E-state index contributed by atoms with van der Waals surface area (Å²) in [6.07, 6.45) is 3.63. The molecule has 1 atom stereocenters. The minimum atomic E-state index is -2.91. The Morgan fingerprint density at radius 1 is 1.11 bits per heavy atom. The Hall–Kier alpha value is -2.93. The van der Waals surface area contributed by atoms with E-state index in [2.05, 4.69) is 15.0 Å². The van der Waals surface area contributed by atoms with Gasteiger partial charge in [-0.05, 0) is 23.3 Å². The average Bonchev–Trinajstić information content (AvgIpc) is 3.08. The Labute approximate surface area is 156 Å². The van der Waals surface area contributed by atoms with Crippen molar-refractivity contribution in [3.63, 3.8) is 0 Å². The van der Waals surface area contributed by atoms with Gasteiger partial charge in [-0.1, -0.05) is 36.4 Å². The number of alkyl halides is 2. The summed E-state index contributed by atoms with van der Waals surface area (Å²) in [7, 11) is 3.35. The smallest absolute Gasteiger partial charge is 0.387 e. The summed E-state index contributed by atoms with van der Waals surface area (Å²) in [5.41, 5.74) is 1.85. The summed E-state index contributed by atoms with van der Waals surface area (Å²) >= 11 is 0. The number of nitrogens with one attached hydrogen (secondary N) is 1. The fourth-order valence-corrected chi connectivity index (χ4v) is 2.90. The van der Waals surface area contributed by atoms with Crippen LogP contribution < -0.4 is 14.8 Å². The van der Waals surface area contributed by atoms with Crippen molar-refractivity contribution in [1.29, 1.82) is 0 Å². The SMILES string of the molecule is COc1ccc(CN[C@H](c2ccccc2)c2nccn2C)cc1OC(F)F. The lowest BCUT2D eigenvalue weighted by molar-refractivity contribution is -0.0512. The van der Waals surface area contributed by atoms with E-state index in [1.54, 1.807) is 18.3 Å². The third-order valence-electron chi connectivity index (χ3n) is 4.20. The molecule has 7 heteroatoms. The van der Waals surface area contributed by atoms with Crippen molar-refractivity contribution in [2.24, 2.45) is 7.05 Å². The fourth-order valence-electron chi connectivity index (χ4n) is 2.90. The minimum Gasteiger partial charge on any atom is -0.493 e. The molecule has 1 heterocycles. The lowest BCUT2D eigenvalue weighted by Crippen LogP contribution is -2.24. The Balaban J connectivity index is 1.83. The molecule has 0 unspecified atom stereocenters. The molecule has 1 N–H and O–H groups in total. The highest BCUT2D eigenvalue weighted by molar-refractivity contribution is 5.43. The normalized spacial score (nSPS) is 12.2. The third-order valence-corrected chi connectivity index (χ3v) is 4.20. The number of ether oxygens (including phenoxy) is 2. The molecule has 3 aromatic rings. The molecule has 0 bridgehead atoms. The molecule has 0 aliphatic rings. The van der Waals surface area contributed by atoms with Crippen LogP contribution >= 0.6 is 0 Å².